The fourth-order valence-electron chi connectivity index (χ4n) is 1.98. The summed E-state index contributed by atoms with van der Waals surface area (Å²) in [4.78, 5) is 4.12. The van der Waals surface area contributed by atoms with Crippen LogP contribution in [0.4, 0.5) is 14.5 Å². The first kappa shape index (κ1) is 12.0. The number of aromatic nitrogens is 2. The monoisotopic (exact) mass is 267 g/mol. The van der Waals surface area contributed by atoms with Crippen LogP contribution >= 0.6 is 0 Å². The fourth-order valence-corrected chi connectivity index (χ4v) is 1.98. The number of hydrogen-bond donors (Lipinski definition) is 1. The molecule has 1 unspecified atom stereocenters. The first-order valence-electron chi connectivity index (χ1n) is 5.81. The second-order valence-corrected chi connectivity index (χ2v) is 4.37. The third-order valence-electron chi connectivity index (χ3n) is 3.05. The molecule has 1 fully saturated rings. The molecule has 5 nitrogen and oxygen atoms in total. The van der Waals surface area contributed by atoms with Gasteiger partial charge in [-0.05, 0) is 12.5 Å². The van der Waals surface area contributed by atoms with E-state index in [1.807, 2.05) is 0 Å². The highest BCUT2D eigenvalue weighted by molar-refractivity contribution is 5.61. The third kappa shape index (κ3) is 2.17. The van der Waals surface area contributed by atoms with Crippen LogP contribution in [-0.2, 0) is 4.74 Å². The van der Waals surface area contributed by atoms with Crippen molar-refractivity contribution in [2.24, 2.45) is 0 Å². The van der Waals surface area contributed by atoms with Gasteiger partial charge in [0.25, 0.3) is 5.89 Å². The molecule has 100 valence electrons. The van der Waals surface area contributed by atoms with Crippen LogP contribution in [0, 0.1) is 11.6 Å². The maximum absolute atomic E-state index is 13.7. The lowest BCUT2D eigenvalue weighted by atomic mass is 10.1. The Hall–Kier alpha value is -2.02. The van der Waals surface area contributed by atoms with Crippen LogP contribution in [0.15, 0.2) is 16.7 Å². The van der Waals surface area contributed by atoms with E-state index in [0.29, 0.717) is 25.1 Å². The van der Waals surface area contributed by atoms with Crippen molar-refractivity contribution >= 4 is 5.69 Å². The highest BCUT2D eigenvalue weighted by Gasteiger charge is 2.24. The normalized spacial score (nSPS) is 18.9. The Kier molecular flexibility index (Phi) is 2.90. The van der Waals surface area contributed by atoms with Crippen molar-refractivity contribution in [3.8, 4) is 11.5 Å². The lowest BCUT2D eigenvalue weighted by molar-refractivity contribution is 0.192. The highest BCUT2D eigenvalue weighted by atomic mass is 19.1. The number of ether oxygens (including phenoxy) is 1. The summed E-state index contributed by atoms with van der Waals surface area (Å²) in [5.74, 6) is -1.09. The molecule has 0 spiro atoms. The fraction of sp³-hybridized carbons (Fsp3) is 0.333. The van der Waals surface area contributed by atoms with Crippen molar-refractivity contribution in [2.75, 3.05) is 18.9 Å². The van der Waals surface area contributed by atoms with Gasteiger partial charge in [-0.15, -0.1) is 0 Å². The average Bonchev–Trinajstić information content (AvgIpc) is 3.03. The molecule has 2 N–H and O–H groups in total. The van der Waals surface area contributed by atoms with Crippen LogP contribution in [0.1, 0.15) is 18.2 Å². The van der Waals surface area contributed by atoms with Crippen molar-refractivity contribution in [1.29, 1.82) is 0 Å². The molecule has 1 aromatic carbocycles. The largest absolute Gasteiger partial charge is 0.396 e. The van der Waals surface area contributed by atoms with Gasteiger partial charge in [-0.2, -0.15) is 4.98 Å². The van der Waals surface area contributed by atoms with E-state index in [1.165, 1.54) is 0 Å². The van der Waals surface area contributed by atoms with E-state index in [2.05, 4.69) is 10.1 Å². The zero-order chi connectivity index (χ0) is 13.4. The topological polar surface area (TPSA) is 74.2 Å². The summed E-state index contributed by atoms with van der Waals surface area (Å²) in [6.07, 6.45) is 0.799. The number of nitrogens with zero attached hydrogens (tertiary/aromatic N) is 2. The first-order valence-corrected chi connectivity index (χ1v) is 5.81. The summed E-state index contributed by atoms with van der Waals surface area (Å²) in [5, 5.41) is 3.80. The SMILES string of the molecule is Nc1cc(-c2nc(C3CCOC3)no2)c(F)cc1F. The van der Waals surface area contributed by atoms with Crippen molar-refractivity contribution in [2.45, 2.75) is 12.3 Å². The zero-order valence-electron chi connectivity index (χ0n) is 9.90. The van der Waals surface area contributed by atoms with Gasteiger partial charge < -0.3 is 15.0 Å². The van der Waals surface area contributed by atoms with Crippen molar-refractivity contribution in [3.63, 3.8) is 0 Å². The van der Waals surface area contributed by atoms with Gasteiger partial charge in [-0.25, -0.2) is 8.78 Å². The lowest BCUT2D eigenvalue weighted by Gasteiger charge is -2.01. The van der Waals surface area contributed by atoms with E-state index in [9.17, 15) is 8.78 Å². The first-order chi connectivity index (χ1) is 9.15. The minimum atomic E-state index is -0.815. The zero-order valence-corrected chi connectivity index (χ0v) is 9.90. The number of hydrogen-bond acceptors (Lipinski definition) is 5. The van der Waals surface area contributed by atoms with E-state index < -0.39 is 11.6 Å². The molecule has 1 aromatic heterocycles. The molecule has 2 heterocycles. The molecule has 1 saturated heterocycles. The number of benzene rings is 1. The number of anilines is 1. The van der Waals surface area contributed by atoms with Gasteiger partial charge in [-0.3, -0.25) is 0 Å². The molecule has 7 heteroatoms. The van der Waals surface area contributed by atoms with Crippen molar-refractivity contribution in [1.82, 2.24) is 10.1 Å². The number of nitrogens with two attached hydrogens (primary N) is 1. The predicted molar refractivity (Wildman–Crippen MR) is 62.2 cm³/mol. The Morgan fingerprint density at radius 3 is 2.84 bits per heavy atom. The molecule has 0 radical (unpaired) electrons. The summed E-state index contributed by atoms with van der Waals surface area (Å²) in [5.41, 5.74) is 5.23. The molecule has 0 aliphatic carbocycles. The maximum atomic E-state index is 13.7. The van der Waals surface area contributed by atoms with Crippen LogP contribution < -0.4 is 5.73 Å². The van der Waals surface area contributed by atoms with Crippen LogP contribution in [-0.4, -0.2) is 23.4 Å². The van der Waals surface area contributed by atoms with Gasteiger partial charge in [0.2, 0.25) is 0 Å². The van der Waals surface area contributed by atoms with E-state index in [1.54, 1.807) is 0 Å². The van der Waals surface area contributed by atoms with Gasteiger partial charge in [0.15, 0.2) is 5.82 Å². The van der Waals surface area contributed by atoms with E-state index in [4.69, 9.17) is 15.0 Å². The van der Waals surface area contributed by atoms with Gasteiger partial charge in [0.05, 0.1) is 17.9 Å². The Labute approximate surface area is 107 Å². The molecule has 2 aromatic rings. The van der Waals surface area contributed by atoms with Crippen LogP contribution in [0.3, 0.4) is 0 Å². The van der Waals surface area contributed by atoms with Crippen molar-refractivity contribution < 1.29 is 18.0 Å². The Morgan fingerprint density at radius 2 is 2.11 bits per heavy atom. The molecule has 1 atom stereocenters. The van der Waals surface area contributed by atoms with Gasteiger partial charge in [0.1, 0.15) is 11.6 Å². The van der Waals surface area contributed by atoms with E-state index in [0.717, 1.165) is 12.5 Å². The number of rotatable bonds is 2. The Bertz CT molecular complexity index is 609. The van der Waals surface area contributed by atoms with Crippen molar-refractivity contribution in [3.05, 3.63) is 29.6 Å². The molecule has 3 rings (SSSR count). The van der Waals surface area contributed by atoms with Crippen LogP contribution in [0.25, 0.3) is 11.5 Å². The lowest BCUT2D eigenvalue weighted by Crippen LogP contribution is -2.00. The smallest absolute Gasteiger partial charge is 0.260 e. The molecule has 19 heavy (non-hydrogen) atoms. The van der Waals surface area contributed by atoms with E-state index >= 15 is 0 Å². The highest BCUT2D eigenvalue weighted by Crippen LogP contribution is 2.28. The number of nitrogen functional groups attached to an aromatic ring is 1. The average molecular weight is 267 g/mol. The minimum Gasteiger partial charge on any atom is -0.396 e. The van der Waals surface area contributed by atoms with Crippen LogP contribution in [0.5, 0.6) is 0 Å². The molecule has 0 saturated carbocycles. The van der Waals surface area contributed by atoms with Gasteiger partial charge in [-0.1, -0.05) is 5.16 Å². The maximum Gasteiger partial charge on any atom is 0.260 e. The minimum absolute atomic E-state index is 0.00318. The second-order valence-electron chi connectivity index (χ2n) is 4.37. The van der Waals surface area contributed by atoms with Gasteiger partial charge in [0, 0.05) is 18.6 Å². The third-order valence-corrected chi connectivity index (χ3v) is 3.05. The van der Waals surface area contributed by atoms with Gasteiger partial charge >= 0.3 is 0 Å². The summed E-state index contributed by atoms with van der Waals surface area (Å²) in [7, 11) is 0. The molecule has 0 bridgehead atoms. The Balaban J connectivity index is 1.96. The Morgan fingerprint density at radius 1 is 1.26 bits per heavy atom. The molecule has 1 aliphatic rings. The summed E-state index contributed by atoms with van der Waals surface area (Å²) >= 11 is 0. The molecular weight excluding hydrogens is 256 g/mol. The number of halogens is 2. The summed E-state index contributed by atoms with van der Waals surface area (Å²) in [6, 6.07) is 1.85. The standard InChI is InChI=1S/C12H11F2N3O2/c13-8-4-9(14)10(15)3-7(8)12-16-11(17-19-12)6-1-2-18-5-6/h3-4,6H,1-2,5,15H2. The summed E-state index contributed by atoms with van der Waals surface area (Å²) in [6.45, 7) is 1.17. The predicted octanol–water partition coefficient (Wildman–Crippen LogP) is 2.10. The molecule has 1 aliphatic heterocycles. The van der Waals surface area contributed by atoms with Crippen LogP contribution in [0.2, 0.25) is 0 Å². The molecular formula is C12H11F2N3O2. The van der Waals surface area contributed by atoms with E-state index in [-0.39, 0.29) is 23.1 Å². The second kappa shape index (κ2) is 4.58. The summed E-state index contributed by atoms with van der Waals surface area (Å²) < 4.78 is 37.0. The molecule has 0 amide bonds. The quantitative estimate of drug-likeness (QED) is 0.843.